The molecule has 1 atom stereocenters. The predicted molar refractivity (Wildman–Crippen MR) is 122 cm³/mol. The highest BCUT2D eigenvalue weighted by molar-refractivity contribution is 5.84. The summed E-state index contributed by atoms with van der Waals surface area (Å²) in [6, 6.07) is 8.16. The van der Waals surface area contributed by atoms with Gasteiger partial charge in [0, 0.05) is 24.7 Å². The van der Waals surface area contributed by atoms with Gasteiger partial charge in [0.1, 0.15) is 6.10 Å². The van der Waals surface area contributed by atoms with Crippen molar-refractivity contribution in [1.82, 2.24) is 24.9 Å². The van der Waals surface area contributed by atoms with Crippen molar-refractivity contribution in [2.24, 2.45) is 0 Å². The fourth-order valence-electron chi connectivity index (χ4n) is 4.11. The lowest BCUT2D eigenvalue weighted by Crippen LogP contribution is -2.37. The Morgan fingerprint density at radius 1 is 1.31 bits per heavy atom. The maximum Gasteiger partial charge on any atom is 0.322 e. The average Bonchev–Trinajstić information content (AvgIpc) is 3.22. The predicted octanol–water partition coefficient (Wildman–Crippen LogP) is 2.78. The Bertz CT molecular complexity index is 1250. The fraction of sp³-hybridized carbons (Fsp3) is 0.391. The van der Waals surface area contributed by atoms with E-state index in [2.05, 4.69) is 39.5 Å². The molecule has 1 aliphatic rings. The zero-order valence-corrected chi connectivity index (χ0v) is 18.3. The van der Waals surface area contributed by atoms with Crippen molar-refractivity contribution in [2.45, 2.75) is 45.3 Å². The number of piperidine rings is 1. The van der Waals surface area contributed by atoms with Gasteiger partial charge in [-0.05, 0) is 36.3 Å². The van der Waals surface area contributed by atoms with E-state index in [1.165, 1.54) is 6.20 Å². The van der Waals surface area contributed by atoms with Crippen LogP contribution < -0.4 is 20.1 Å². The Morgan fingerprint density at radius 3 is 3.03 bits per heavy atom. The number of rotatable bonds is 6. The zero-order valence-electron chi connectivity index (χ0n) is 18.3. The quantitative estimate of drug-likeness (QED) is 0.356. The smallest absolute Gasteiger partial charge is 0.322 e. The van der Waals surface area contributed by atoms with Crippen molar-refractivity contribution in [1.29, 1.82) is 0 Å². The van der Waals surface area contributed by atoms with E-state index < -0.39 is 0 Å². The van der Waals surface area contributed by atoms with Gasteiger partial charge in [-0.3, -0.25) is 0 Å². The molecule has 9 heteroatoms. The van der Waals surface area contributed by atoms with Gasteiger partial charge in [0.25, 0.3) is 0 Å². The van der Waals surface area contributed by atoms with E-state index in [0.29, 0.717) is 18.5 Å². The number of hydrogen-bond donors (Lipinski definition) is 2. The van der Waals surface area contributed by atoms with Gasteiger partial charge in [0.15, 0.2) is 18.0 Å². The van der Waals surface area contributed by atoms with Crippen LogP contribution in [0, 0.1) is 5.21 Å². The van der Waals surface area contributed by atoms with Gasteiger partial charge in [0.05, 0.1) is 11.6 Å². The first kappa shape index (κ1) is 20.4. The van der Waals surface area contributed by atoms with Crippen molar-refractivity contribution in [3.8, 4) is 6.01 Å². The third-order valence-electron chi connectivity index (χ3n) is 5.85. The van der Waals surface area contributed by atoms with E-state index in [-0.39, 0.29) is 12.0 Å². The molecule has 1 fully saturated rings. The number of hydrogen-bond acceptors (Lipinski definition) is 7. The van der Waals surface area contributed by atoms with Gasteiger partial charge in [-0.1, -0.05) is 32.0 Å². The molecule has 0 radical (unpaired) electrons. The molecule has 0 spiro atoms. The molecule has 2 N–H and O–H groups in total. The second-order valence-corrected chi connectivity index (χ2v) is 8.48. The fourth-order valence-corrected chi connectivity index (χ4v) is 4.11. The molecule has 0 aliphatic carbocycles. The number of nitrogens with one attached hydrogen (secondary N) is 2. The van der Waals surface area contributed by atoms with Crippen LogP contribution in [-0.2, 0) is 6.54 Å². The van der Waals surface area contributed by atoms with Crippen LogP contribution in [0.15, 0.2) is 42.9 Å². The molecule has 4 aromatic rings. The summed E-state index contributed by atoms with van der Waals surface area (Å²) in [4.78, 5) is 9.32. The van der Waals surface area contributed by atoms with Crippen LogP contribution in [-0.4, -0.2) is 38.8 Å². The van der Waals surface area contributed by atoms with Crippen LogP contribution in [0.1, 0.15) is 43.7 Å². The van der Waals surface area contributed by atoms with Crippen molar-refractivity contribution in [3.05, 3.63) is 59.2 Å². The number of nitrogens with zero attached hydrogens (tertiary/aromatic N) is 5. The lowest BCUT2D eigenvalue weighted by atomic mass is 10.1. The summed E-state index contributed by atoms with van der Waals surface area (Å²) in [6.07, 6.45) is 7.04. The molecule has 32 heavy (non-hydrogen) atoms. The summed E-state index contributed by atoms with van der Waals surface area (Å²) < 4.78 is 8.68. The monoisotopic (exact) mass is 433 g/mol. The topological polar surface area (TPSA) is 103 Å². The van der Waals surface area contributed by atoms with E-state index in [1.54, 1.807) is 10.7 Å². The number of benzene rings is 1. The summed E-state index contributed by atoms with van der Waals surface area (Å²) in [7, 11) is 0. The standard InChI is InChI=1S/C23H27N7O2/c1-15(2)19-13-26-30-21(19)27-23(32-18-7-4-9-24-12-18)28-22(30)25-11-17-6-3-5-16-8-10-29(31)14-20(16)17/h3,5-6,8,10,13-15,18,24H,4,7,9,11-12H2,1-2H3,(H,25,27,28)/t18-/m1/s1. The van der Waals surface area contributed by atoms with E-state index >= 15 is 0 Å². The first-order valence-corrected chi connectivity index (χ1v) is 11.1. The number of anilines is 1. The molecule has 0 bridgehead atoms. The normalized spacial score (nSPS) is 16.7. The van der Waals surface area contributed by atoms with Gasteiger partial charge in [0.2, 0.25) is 5.95 Å². The first-order valence-electron chi connectivity index (χ1n) is 11.1. The van der Waals surface area contributed by atoms with Crippen LogP contribution in [0.5, 0.6) is 6.01 Å². The molecule has 4 heterocycles. The highest BCUT2D eigenvalue weighted by Crippen LogP contribution is 2.24. The third kappa shape index (κ3) is 4.03. The minimum atomic E-state index is 0.0510. The lowest BCUT2D eigenvalue weighted by molar-refractivity contribution is -0.603. The maximum atomic E-state index is 11.8. The first-order chi connectivity index (χ1) is 15.6. The van der Waals surface area contributed by atoms with Crippen molar-refractivity contribution in [3.63, 3.8) is 0 Å². The van der Waals surface area contributed by atoms with E-state index in [1.807, 2.05) is 30.5 Å². The zero-order chi connectivity index (χ0) is 22.1. The van der Waals surface area contributed by atoms with Gasteiger partial charge in [-0.25, -0.2) is 0 Å². The number of fused-ring (bicyclic) bond motifs is 2. The number of ether oxygens (including phenoxy) is 1. The van der Waals surface area contributed by atoms with Crippen molar-refractivity contribution >= 4 is 22.4 Å². The van der Waals surface area contributed by atoms with Gasteiger partial charge in [-0.2, -0.15) is 24.3 Å². The SMILES string of the molecule is CC(C)c1cnn2c(NCc3cccc4cc[n+]([O-])cc34)nc(O[C@@H]3CCCNC3)nc12. The van der Waals surface area contributed by atoms with Crippen molar-refractivity contribution in [2.75, 3.05) is 18.4 Å². The number of pyridine rings is 1. The van der Waals surface area contributed by atoms with Gasteiger partial charge >= 0.3 is 6.01 Å². The third-order valence-corrected chi connectivity index (χ3v) is 5.85. The second-order valence-electron chi connectivity index (χ2n) is 8.48. The Balaban J connectivity index is 1.49. The Kier molecular flexibility index (Phi) is 5.48. The largest absolute Gasteiger partial charge is 0.619 e. The minimum Gasteiger partial charge on any atom is -0.619 e. The molecular weight excluding hydrogens is 406 g/mol. The summed E-state index contributed by atoms with van der Waals surface area (Å²) in [5, 5.41) is 25.0. The van der Waals surface area contributed by atoms with E-state index in [0.717, 1.165) is 58.2 Å². The van der Waals surface area contributed by atoms with Crippen LogP contribution >= 0.6 is 0 Å². The van der Waals surface area contributed by atoms with Gasteiger partial charge in [-0.15, -0.1) is 0 Å². The molecule has 9 nitrogen and oxygen atoms in total. The lowest BCUT2D eigenvalue weighted by Gasteiger charge is -2.23. The maximum absolute atomic E-state index is 11.8. The van der Waals surface area contributed by atoms with Crippen LogP contribution in [0.4, 0.5) is 5.95 Å². The molecule has 3 aromatic heterocycles. The second kappa shape index (κ2) is 8.58. The summed E-state index contributed by atoms with van der Waals surface area (Å²) >= 11 is 0. The highest BCUT2D eigenvalue weighted by Gasteiger charge is 2.20. The molecule has 5 rings (SSSR count). The Morgan fingerprint density at radius 2 is 2.22 bits per heavy atom. The molecule has 166 valence electrons. The summed E-state index contributed by atoms with van der Waals surface area (Å²) in [5.41, 5.74) is 2.78. The number of aromatic nitrogens is 5. The Labute approximate surface area is 186 Å². The van der Waals surface area contributed by atoms with Crippen LogP contribution in [0.2, 0.25) is 0 Å². The van der Waals surface area contributed by atoms with Crippen LogP contribution in [0.3, 0.4) is 0 Å². The van der Waals surface area contributed by atoms with Crippen LogP contribution in [0.25, 0.3) is 16.4 Å². The molecule has 1 aromatic carbocycles. The summed E-state index contributed by atoms with van der Waals surface area (Å²) in [6.45, 7) is 6.52. The average molecular weight is 434 g/mol. The van der Waals surface area contributed by atoms with E-state index in [9.17, 15) is 5.21 Å². The molecule has 1 aliphatic heterocycles. The molecule has 1 saturated heterocycles. The Hall–Kier alpha value is -3.46. The van der Waals surface area contributed by atoms with Crippen molar-refractivity contribution < 1.29 is 9.47 Å². The molecular formula is C23H27N7O2. The van der Waals surface area contributed by atoms with Gasteiger partial charge < -0.3 is 20.6 Å². The molecule has 0 saturated carbocycles. The van der Waals surface area contributed by atoms with E-state index in [4.69, 9.17) is 4.74 Å². The molecule has 0 amide bonds. The minimum absolute atomic E-state index is 0.0510. The summed E-state index contributed by atoms with van der Waals surface area (Å²) in [5.74, 6) is 0.827. The highest BCUT2D eigenvalue weighted by atomic mass is 16.5. The molecule has 0 unspecified atom stereocenters.